The maximum absolute atomic E-state index is 14.5. The van der Waals surface area contributed by atoms with Gasteiger partial charge >= 0.3 is 19.2 Å². The van der Waals surface area contributed by atoms with Crippen molar-refractivity contribution in [2.24, 2.45) is 0 Å². The lowest BCUT2D eigenvalue weighted by Gasteiger charge is -2.26. The fraction of sp³-hybridized carbons (Fsp3) is 0.533. The van der Waals surface area contributed by atoms with Crippen LogP contribution in [0.3, 0.4) is 0 Å². The molecule has 23 heavy (non-hydrogen) atoms. The van der Waals surface area contributed by atoms with Crippen molar-refractivity contribution < 1.29 is 31.9 Å². The molecule has 1 aromatic rings. The molecule has 5 nitrogen and oxygen atoms in total. The standard InChI is InChI=1S/C15H21F2O5P/c1-5-21-23(19,22-6-2)15(16,17)13-9-7-12(8-10-13)11(3)14(18)20-4/h7-11H,5-6H2,1-4H3. The first kappa shape index (κ1) is 19.7. The molecule has 0 spiro atoms. The number of ether oxygens (including phenoxy) is 1. The van der Waals surface area contributed by atoms with Gasteiger partial charge in [-0.25, -0.2) is 0 Å². The molecule has 0 bridgehead atoms. The molecule has 0 saturated heterocycles. The number of alkyl halides is 2. The Balaban J connectivity index is 3.14. The molecule has 0 amide bonds. The Kier molecular flexibility index (Phi) is 6.86. The molecular weight excluding hydrogens is 329 g/mol. The number of hydrogen-bond donors (Lipinski definition) is 0. The van der Waals surface area contributed by atoms with E-state index in [0.717, 1.165) is 12.1 Å². The second-order valence-corrected chi connectivity index (χ2v) is 6.81. The van der Waals surface area contributed by atoms with Gasteiger partial charge in [-0.1, -0.05) is 24.3 Å². The van der Waals surface area contributed by atoms with Gasteiger partial charge in [0.05, 0.1) is 26.2 Å². The molecule has 0 aliphatic heterocycles. The Bertz CT molecular complexity index is 564. The van der Waals surface area contributed by atoms with Gasteiger partial charge in [0.2, 0.25) is 0 Å². The van der Waals surface area contributed by atoms with Gasteiger partial charge in [0.25, 0.3) is 0 Å². The molecule has 0 fully saturated rings. The monoisotopic (exact) mass is 350 g/mol. The summed E-state index contributed by atoms with van der Waals surface area (Å²) in [5.74, 6) is -1.06. The highest BCUT2D eigenvalue weighted by Crippen LogP contribution is 2.66. The van der Waals surface area contributed by atoms with E-state index in [1.54, 1.807) is 6.92 Å². The van der Waals surface area contributed by atoms with Gasteiger partial charge in [-0.15, -0.1) is 0 Å². The highest BCUT2D eigenvalue weighted by atomic mass is 31.2. The largest absolute Gasteiger partial charge is 0.469 e. The predicted octanol–water partition coefficient (Wildman–Crippen LogP) is 4.28. The van der Waals surface area contributed by atoms with E-state index in [0.29, 0.717) is 5.56 Å². The molecule has 0 aromatic heterocycles. The third-order valence-corrected chi connectivity index (χ3v) is 5.40. The lowest BCUT2D eigenvalue weighted by Crippen LogP contribution is -2.18. The van der Waals surface area contributed by atoms with Crippen LogP contribution in [0, 0.1) is 0 Å². The normalized spacial score (nSPS) is 13.7. The number of benzene rings is 1. The van der Waals surface area contributed by atoms with Gasteiger partial charge in [-0.2, -0.15) is 8.78 Å². The number of hydrogen-bond acceptors (Lipinski definition) is 5. The third kappa shape index (κ3) is 4.16. The van der Waals surface area contributed by atoms with Crippen molar-refractivity contribution in [3.05, 3.63) is 35.4 Å². The van der Waals surface area contributed by atoms with Crippen molar-refractivity contribution in [3.8, 4) is 0 Å². The summed E-state index contributed by atoms with van der Waals surface area (Å²) in [6.07, 6.45) is 0. The zero-order valence-electron chi connectivity index (χ0n) is 13.5. The first-order valence-electron chi connectivity index (χ1n) is 7.18. The molecule has 0 radical (unpaired) electrons. The van der Waals surface area contributed by atoms with Crippen LogP contribution in [-0.4, -0.2) is 26.3 Å². The van der Waals surface area contributed by atoms with Crippen LogP contribution in [0.25, 0.3) is 0 Å². The van der Waals surface area contributed by atoms with Crippen LogP contribution in [0.5, 0.6) is 0 Å². The van der Waals surface area contributed by atoms with Gasteiger partial charge in [0, 0.05) is 5.56 Å². The van der Waals surface area contributed by atoms with Crippen LogP contribution >= 0.6 is 7.60 Å². The summed E-state index contributed by atoms with van der Waals surface area (Å²) in [4.78, 5) is 11.5. The van der Waals surface area contributed by atoms with Crippen molar-refractivity contribution in [2.75, 3.05) is 20.3 Å². The van der Waals surface area contributed by atoms with E-state index >= 15 is 0 Å². The van der Waals surface area contributed by atoms with Gasteiger partial charge < -0.3 is 13.8 Å². The molecule has 0 saturated carbocycles. The lowest BCUT2D eigenvalue weighted by atomic mass is 10.00. The smallest absolute Gasteiger partial charge is 0.404 e. The van der Waals surface area contributed by atoms with Gasteiger partial charge in [-0.3, -0.25) is 9.36 Å². The van der Waals surface area contributed by atoms with Gasteiger partial charge in [0.15, 0.2) is 0 Å². The lowest BCUT2D eigenvalue weighted by molar-refractivity contribution is -0.141. The van der Waals surface area contributed by atoms with E-state index in [1.165, 1.54) is 33.1 Å². The summed E-state index contributed by atoms with van der Waals surface area (Å²) in [6, 6.07) is 4.96. The minimum atomic E-state index is -4.63. The second kappa shape index (κ2) is 7.99. The Morgan fingerprint density at radius 1 is 1.17 bits per heavy atom. The minimum absolute atomic E-state index is 0.162. The van der Waals surface area contributed by atoms with Crippen molar-refractivity contribution in [1.82, 2.24) is 0 Å². The summed E-state index contributed by atoms with van der Waals surface area (Å²) in [6.45, 7) is 4.20. The Morgan fingerprint density at radius 3 is 2.04 bits per heavy atom. The van der Waals surface area contributed by atoms with Crippen LogP contribution < -0.4 is 0 Å². The molecule has 0 aliphatic carbocycles. The highest BCUT2D eigenvalue weighted by Gasteiger charge is 2.54. The molecule has 1 unspecified atom stereocenters. The zero-order chi connectivity index (χ0) is 17.7. The second-order valence-electron chi connectivity index (χ2n) is 4.74. The van der Waals surface area contributed by atoms with Crippen molar-refractivity contribution >= 4 is 13.6 Å². The van der Waals surface area contributed by atoms with Gasteiger partial charge in [-0.05, 0) is 26.3 Å². The maximum atomic E-state index is 14.5. The molecule has 1 rings (SSSR count). The Morgan fingerprint density at radius 2 is 1.65 bits per heavy atom. The highest BCUT2D eigenvalue weighted by molar-refractivity contribution is 7.54. The summed E-state index contributed by atoms with van der Waals surface area (Å²) in [7, 11) is -3.38. The van der Waals surface area contributed by atoms with E-state index < -0.39 is 30.7 Å². The number of carbonyl (C=O) groups excluding carboxylic acids is 1. The predicted molar refractivity (Wildman–Crippen MR) is 81.6 cm³/mol. The maximum Gasteiger partial charge on any atom is 0.404 e. The van der Waals surface area contributed by atoms with E-state index in [4.69, 9.17) is 9.05 Å². The average molecular weight is 350 g/mol. The summed E-state index contributed by atoms with van der Waals surface area (Å²) in [5, 5.41) is 0. The fourth-order valence-corrected chi connectivity index (χ4v) is 3.53. The van der Waals surface area contributed by atoms with Crippen molar-refractivity contribution in [2.45, 2.75) is 32.4 Å². The van der Waals surface area contributed by atoms with E-state index in [9.17, 15) is 18.1 Å². The molecule has 130 valence electrons. The van der Waals surface area contributed by atoms with E-state index in [-0.39, 0.29) is 13.2 Å². The van der Waals surface area contributed by atoms with E-state index in [1.807, 2.05) is 0 Å². The van der Waals surface area contributed by atoms with Crippen LogP contribution in [0.2, 0.25) is 0 Å². The molecule has 0 N–H and O–H groups in total. The molecule has 8 heteroatoms. The molecule has 1 atom stereocenters. The number of rotatable bonds is 8. The number of carbonyl (C=O) groups is 1. The average Bonchev–Trinajstić information content (AvgIpc) is 2.53. The Labute approximate surface area is 134 Å². The summed E-state index contributed by atoms with van der Waals surface area (Å²) < 4.78 is 55.5. The van der Waals surface area contributed by atoms with Crippen LogP contribution in [0.4, 0.5) is 8.78 Å². The third-order valence-electron chi connectivity index (χ3n) is 3.25. The van der Waals surface area contributed by atoms with Crippen LogP contribution in [-0.2, 0) is 28.8 Å². The quantitative estimate of drug-likeness (QED) is 0.517. The molecular formula is C15H21F2O5P. The fourth-order valence-electron chi connectivity index (χ4n) is 1.98. The van der Waals surface area contributed by atoms with Crippen LogP contribution in [0.1, 0.15) is 37.8 Å². The molecule has 0 heterocycles. The first-order valence-corrected chi connectivity index (χ1v) is 8.73. The molecule has 0 aliphatic rings. The SMILES string of the molecule is CCOP(=O)(OCC)C(F)(F)c1ccc(C(C)C(=O)OC)cc1. The number of esters is 1. The first-order chi connectivity index (χ1) is 10.7. The van der Waals surface area contributed by atoms with Crippen LogP contribution in [0.15, 0.2) is 24.3 Å². The van der Waals surface area contributed by atoms with Crippen molar-refractivity contribution in [3.63, 3.8) is 0 Å². The topological polar surface area (TPSA) is 61.8 Å². The number of methoxy groups -OCH3 is 1. The van der Waals surface area contributed by atoms with Crippen molar-refractivity contribution in [1.29, 1.82) is 0 Å². The van der Waals surface area contributed by atoms with Gasteiger partial charge in [0.1, 0.15) is 0 Å². The Hall–Kier alpha value is -1.30. The zero-order valence-corrected chi connectivity index (χ0v) is 14.4. The van der Waals surface area contributed by atoms with E-state index in [2.05, 4.69) is 4.74 Å². The minimum Gasteiger partial charge on any atom is -0.469 e. The molecule has 1 aromatic carbocycles. The number of halogens is 2. The summed E-state index contributed by atoms with van der Waals surface area (Å²) in [5.41, 5.74) is -3.77. The summed E-state index contributed by atoms with van der Waals surface area (Å²) >= 11 is 0.